The Hall–Kier alpha value is -4.14. The van der Waals surface area contributed by atoms with E-state index in [0.717, 1.165) is 35.8 Å². The van der Waals surface area contributed by atoms with Crippen molar-refractivity contribution in [1.29, 1.82) is 0 Å². The number of hydrogen-bond acceptors (Lipinski definition) is 7. The lowest BCUT2D eigenvalue weighted by atomic mass is 10.1. The van der Waals surface area contributed by atoms with Gasteiger partial charge in [0.1, 0.15) is 17.4 Å². The van der Waals surface area contributed by atoms with Gasteiger partial charge in [0.05, 0.1) is 12.2 Å². The van der Waals surface area contributed by atoms with Gasteiger partial charge in [-0.1, -0.05) is 26.0 Å². The second kappa shape index (κ2) is 15.6. The third-order valence-corrected chi connectivity index (χ3v) is 6.63. The topological polar surface area (TPSA) is 154 Å². The van der Waals surface area contributed by atoms with Crippen LogP contribution in [0.15, 0.2) is 54.6 Å². The van der Waals surface area contributed by atoms with Gasteiger partial charge in [-0.25, -0.2) is 9.59 Å². The highest BCUT2D eigenvalue weighted by molar-refractivity contribution is 7.20. The Morgan fingerprint density at radius 2 is 1.66 bits per heavy atom. The van der Waals surface area contributed by atoms with Crippen LogP contribution in [0.25, 0.3) is 10.4 Å². The third kappa shape index (κ3) is 10.7. The van der Waals surface area contributed by atoms with Gasteiger partial charge < -0.3 is 30.9 Å². The summed E-state index contributed by atoms with van der Waals surface area (Å²) in [5.74, 6) is -2.38. The van der Waals surface area contributed by atoms with Gasteiger partial charge in [0, 0.05) is 17.1 Å². The predicted molar refractivity (Wildman–Crippen MR) is 150 cm³/mol. The van der Waals surface area contributed by atoms with Gasteiger partial charge in [0.15, 0.2) is 0 Å². The molecule has 0 atom stereocenters. The van der Waals surface area contributed by atoms with Crippen LogP contribution < -0.4 is 21.1 Å². The Labute approximate surface area is 238 Å². The number of aliphatic hydroxyl groups is 1. The summed E-state index contributed by atoms with van der Waals surface area (Å²) in [5.41, 5.74) is 7.72. The molecule has 6 N–H and O–H groups in total. The van der Waals surface area contributed by atoms with Crippen molar-refractivity contribution in [2.45, 2.75) is 26.6 Å². The highest BCUT2D eigenvalue weighted by Gasteiger charge is 2.38. The van der Waals surface area contributed by atoms with E-state index in [1.807, 2.05) is 24.3 Å². The number of urea groups is 1. The van der Waals surface area contributed by atoms with Gasteiger partial charge in [-0.15, -0.1) is 11.3 Å². The van der Waals surface area contributed by atoms with Crippen LogP contribution in [0.2, 0.25) is 0 Å². The minimum atomic E-state index is -5.08. The second-order valence-electron chi connectivity index (χ2n) is 8.36. The molecule has 14 heteroatoms. The number of nitrogens with one attached hydrogen (secondary N) is 2. The Balaban J connectivity index is 0.000000745. The number of rotatable bonds is 11. The smallest absolute Gasteiger partial charge is 0.490 e. The molecule has 3 aromatic rings. The van der Waals surface area contributed by atoms with Crippen LogP contribution in [0.1, 0.15) is 29.8 Å². The maximum absolute atomic E-state index is 13.0. The number of halogens is 3. The van der Waals surface area contributed by atoms with Crippen molar-refractivity contribution in [3.05, 3.63) is 65.7 Å². The number of aliphatic hydroxyl groups excluding tert-OH is 1. The Bertz CT molecular complexity index is 1310. The number of nitrogens with zero attached hydrogens (tertiary/aromatic N) is 1. The van der Waals surface area contributed by atoms with E-state index in [-0.39, 0.29) is 6.61 Å². The Morgan fingerprint density at radius 1 is 1.02 bits per heavy atom. The van der Waals surface area contributed by atoms with Gasteiger partial charge in [0.2, 0.25) is 0 Å². The molecule has 3 rings (SSSR count). The van der Waals surface area contributed by atoms with Gasteiger partial charge in [0.25, 0.3) is 5.91 Å². The molecular weight excluding hydrogens is 565 g/mol. The Kier molecular flexibility index (Phi) is 12.6. The van der Waals surface area contributed by atoms with Gasteiger partial charge in [-0.3, -0.25) is 10.1 Å². The molecule has 0 saturated heterocycles. The molecule has 0 aliphatic heterocycles. The number of alkyl halides is 3. The summed E-state index contributed by atoms with van der Waals surface area (Å²) in [6.07, 6.45) is -5.08. The largest absolute Gasteiger partial charge is 0.492 e. The highest BCUT2D eigenvalue weighted by Crippen LogP contribution is 2.36. The molecule has 41 heavy (non-hydrogen) atoms. The number of carbonyl (C=O) groups is 3. The summed E-state index contributed by atoms with van der Waals surface area (Å²) in [6.45, 7) is 7.57. The maximum atomic E-state index is 13.0. The summed E-state index contributed by atoms with van der Waals surface area (Å²) in [7, 11) is 0. The number of anilines is 2. The lowest BCUT2D eigenvalue weighted by molar-refractivity contribution is -0.192. The van der Waals surface area contributed by atoms with E-state index in [1.54, 1.807) is 30.3 Å². The summed E-state index contributed by atoms with van der Waals surface area (Å²) in [4.78, 5) is 36.4. The number of aliphatic carboxylic acids is 1. The number of benzene rings is 2. The van der Waals surface area contributed by atoms with E-state index in [1.165, 1.54) is 11.3 Å². The zero-order valence-electron chi connectivity index (χ0n) is 22.3. The standard InChI is InChI=1S/C25H30N4O4S.C2HF3O2/c1-3-29(4-2)12-13-33-20-10-8-18(9-11-20)22-15-21(24(34-22)28-25(26)32)23(31)27-19-7-5-6-17(14-19)16-30;3-2(4,5)1(6)7/h5-11,14-15,30H,3-4,12-13,16H2,1-2H3,(H,27,31)(H3,26,28,32);(H,6,7). The normalized spacial score (nSPS) is 10.9. The average Bonchev–Trinajstić information content (AvgIpc) is 3.34. The second-order valence-corrected chi connectivity index (χ2v) is 9.41. The van der Waals surface area contributed by atoms with E-state index in [2.05, 4.69) is 29.4 Å². The van der Waals surface area contributed by atoms with Crippen molar-refractivity contribution in [2.75, 3.05) is 36.9 Å². The van der Waals surface area contributed by atoms with Gasteiger partial charge >= 0.3 is 18.2 Å². The van der Waals surface area contributed by atoms with Crippen LogP contribution in [-0.4, -0.2) is 65.4 Å². The lowest BCUT2D eigenvalue weighted by Crippen LogP contribution is -2.27. The molecule has 0 aliphatic carbocycles. The quantitative estimate of drug-likeness (QED) is 0.209. The number of thiophene rings is 1. The van der Waals surface area contributed by atoms with Gasteiger partial charge in [-0.2, -0.15) is 13.2 Å². The number of amides is 3. The molecule has 222 valence electrons. The molecule has 3 amide bonds. The number of carboxylic acid groups (broad SMARTS) is 1. The van der Waals surface area contributed by atoms with Crippen LogP contribution in [0.4, 0.5) is 28.7 Å². The first-order chi connectivity index (χ1) is 19.4. The van der Waals surface area contributed by atoms with Crippen LogP contribution in [0.5, 0.6) is 5.75 Å². The van der Waals surface area contributed by atoms with Crippen molar-refractivity contribution < 1.29 is 42.5 Å². The zero-order chi connectivity index (χ0) is 30.6. The molecule has 1 aromatic heterocycles. The van der Waals surface area contributed by atoms with Crippen molar-refractivity contribution in [1.82, 2.24) is 4.90 Å². The summed E-state index contributed by atoms with van der Waals surface area (Å²) < 4.78 is 37.6. The minimum Gasteiger partial charge on any atom is -0.492 e. The molecule has 0 aliphatic rings. The minimum absolute atomic E-state index is 0.129. The molecule has 0 fully saturated rings. The molecule has 0 spiro atoms. The van der Waals surface area contributed by atoms with Crippen molar-refractivity contribution in [3.63, 3.8) is 0 Å². The van der Waals surface area contributed by atoms with E-state index >= 15 is 0 Å². The number of carboxylic acids is 1. The number of likely N-dealkylation sites (N-methyl/N-ethyl adjacent to an activating group) is 1. The molecule has 0 unspecified atom stereocenters. The molecule has 0 saturated carbocycles. The van der Waals surface area contributed by atoms with E-state index < -0.39 is 24.1 Å². The van der Waals surface area contributed by atoms with Crippen molar-refractivity contribution in [2.24, 2.45) is 5.73 Å². The first-order valence-electron chi connectivity index (χ1n) is 12.3. The van der Waals surface area contributed by atoms with Crippen LogP contribution in [0, 0.1) is 0 Å². The highest BCUT2D eigenvalue weighted by atomic mass is 32.1. The SMILES string of the molecule is CCN(CC)CCOc1ccc(-c2cc(C(=O)Nc3cccc(CO)c3)c(NC(N)=O)s2)cc1.O=C(O)C(F)(F)F. The fourth-order valence-electron chi connectivity index (χ4n) is 3.40. The van der Waals surface area contributed by atoms with E-state index in [9.17, 15) is 27.9 Å². The number of ether oxygens (including phenoxy) is 1. The fraction of sp³-hybridized carbons (Fsp3) is 0.296. The Morgan fingerprint density at radius 3 is 2.20 bits per heavy atom. The lowest BCUT2D eigenvalue weighted by Gasteiger charge is -2.18. The molecular formula is C27H31F3N4O6S. The predicted octanol–water partition coefficient (Wildman–Crippen LogP) is 5.00. The van der Waals surface area contributed by atoms with Crippen LogP contribution in [-0.2, 0) is 11.4 Å². The first-order valence-corrected chi connectivity index (χ1v) is 13.2. The first kappa shape index (κ1) is 33.1. The molecule has 0 radical (unpaired) electrons. The molecule has 0 bridgehead atoms. The van der Waals surface area contributed by atoms with Gasteiger partial charge in [-0.05, 0) is 66.7 Å². The van der Waals surface area contributed by atoms with Crippen LogP contribution >= 0.6 is 11.3 Å². The molecule has 1 heterocycles. The third-order valence-electron chi connectivity index (χ3n) is 5.53. The summed E-state index contributed by atoms with van der Waals surface area (Å²) >= 11 is 1.26. The van der Waals surface area contributed by atoms with E-state index in [0.29, 0.717) is 28.4 Å². The number of carbonyl (C=O) groups excluding carboxylic acids is 2. The number of hydrogen-bond donors (Lipinski definition) is 5. The maximum Gasteiger partial charge on any atom is 0.490 e. The molecule has 2 aromatic carbocycles. The van der Waals surface area contributed by atoms with Crippen molar-refractivity contribution >= 4 is 39.9 Å². The summed E-state index contributed by atoms with van der Waals surface area (Å²) in [5, 5.41) is 22.1. The molecule has 10 nitrogen and oxygen atoms in total. The van der Waals surface area contributed by atoms with E-state index in [4.69, 9.17) is 20.4 Å². The zero-order valence-corrected chi connectivity index (χ0v) is 23.1. The monoisotopic (exact) mass is 596 g/mol. The number of nitrogens with two attached hydrogens (primary N) is 1. The van der Waals surface area contributed by atoms with Crippen LogP contribution in [0.3, 0.4) is 0 Å². The number of primary amides is 1. The van der Waals surface area contributed by atoms with Crippen molar-refractivity contribution in [3.8, 4) is 16.2 Å². The fourth-order valence-corrected chi connectivity index (χ4v) is 4.46. The average molecular weight is 597 g/mol. The summed E-state index contributed by atoms with van der Waals surface area (Å²) in [6, 6.07) is 15.5.